The first-order chi connectivity index (χ1) is 9.24. The van der Waals surface area contributed by atoms with E-state index in [1.165, 1.54) is 14.6 Å². The van der Waals surface area contributed by atoms with Crippen LogP contribution in [0.15, 0.2) is 23.6 Å². The summed E-state index contributed by atoms with van der Waals surface area (Å²) >= 11 is 9.96. The number of rotatable bonds is 7. The van der Waals surface area contributed by atoms with E-state index in [-0.39, 0.29) is 0 Å². The zero-order valence-electron chi connectivity index (χ0n) is 11.4. The summed E-state index contributed by atoms with van der Waals surface area (Å²) in [4.78, 5) is 4.16. The lowest BCUT2D eigenvalue weighted by Gasteiger charge is -2.17. The zero-order chi connectivity index (χ0) is 13.7. The van der Waals surface area contributed by atoms with Crippen LogP contribution in [0.4, 0.5) is 0 Å². The highest BCUT2D eigenvalue weighted by atomic mass is 35.5. The first kappa shape index (κ1) is 15.0. The molecule has 0 amide bonds. The van der Waals surface area contributed by atoms with Gasteiger partial charge in [-0.25, -0.2) is 0 Å². The molecule has 2 heterocycles. The molecule has 0 fully saturated rings. The molecule has 0 saturated carbocycles. The number of halogens is 1. The maximum Gasteiger partial charge on any atom is 0.0561 e. The minimum Gasteiger partial charge on any atom is -0.309 e. The van der Waals surface area contributed by atoms with Gasteiger partial charge in [0.1, 0.15) is 0 Å². The molecule has 1 N–H and O–H groups in total. The second-order valence-electron chi connectivity index (χ2n) is 4.57. The monoisotopic (exact) mass is 313 g/mol. The quantitative estimate of drug-likeness (QED) is 0.730. The van der Waals surface area contributed by atoms with Gasteiger partial charge in [0.25, 0.3) is 0 Å². The normalized spacial score (nSPS) is 12.8. The molecule has 0 radical (unpaired) electrons. The Labute approximate surface area is 128 Å². The summed E-state index contributed by atoms with van der Waals surface area (Å²) < 4.78 is 0. The van der Waals surface area contributed by atoms with Gasteiger partial charge in [-0.1, -0.05) is 25.4 Å². The summed E-state index contributed by atoms with van der Waals surface area (Å²) in [5.74, 6) is 0. The van der Waals surface area contributed by atoms with Crippen molar-refractivity contribution in [1.29, 1.82) is 0 Å². The van der Waals surface area contributed by atoms with Gasteiger partial charge in [-0.05, 0) is 43.0 Å². The predicted molar refractivity (Wildman–Crippen MR) is 87.8 cm³/mol. The number of aryl methyl sites for hydroxylation is 1. The van der Waals surface area contributed by atoms with Gasteiger partial charge >= 0.3 is 0 Å². The highest BCUT2D eigenvalue weighted by molar-refractivity contribution is 7.12. The van der Waals surface area contributed by atoms with Crippen LogP contribution in [0.2, 0.25) is 5.02 Å². The van der Waals surface area contributed by atoms with E-state index in [9.17, 15) is 0 Å². The first-order valence-corrected chi connectivity index (χ1v) is 8.85. The Morgan fingerprint density at radius 3 is 2.58 bits per heavy atom. The van der Waals surface area contributed by atoms with Crippen LogP contribution in [-0.2, 0) is 12.8 Å². The molecule has 0 aromatic carbocycles. The molecule has 19 heavy (non-hydrogen) atoms. The fraction of sp³-hybridized carbons (Fsp3) is 0.467. The van der Waals surface area contributed by atoms with Crippen LogP contribution in [-0.4, -0.2) is 6.54 Å². The van der Waals surface area contributed by atoms with Crippen LogP contribution in [0.1, 0.15) is 40.9 Å². The molecule has 0 aliphatic heterocycles. The maximum absolute atomic E-state index is 6.29. The maximum atomic E-state index is 6.29. The van der Waals surface area contributed by atoms with Crippen LogP contribution in [0.3, 0.4) is 0 Å². The summed E-state index contributed by atoms with van der Waals surface area (Å²) in [6.07, 6.45) is 3.30. The van der Waals surface area contributed by atoms with Crippen molar-refractivity contribution in [3.05, 3.63) is 43.2 Å². The molecule has 4 heteroatoms. The average Bonchev–Trinajstić information content (AvgIpc) is 3.03. The fourth-order valence-electron chi connectivity index (χ4n) is 2.05. The molecule has 1 atom stereocenters. The van der Waals surface area contributed by atoms with Gasteiger partial charge in [-0.2, -0.15) is 0 Å². The zero-order valence-corrected chi connectivity index (χ0v) is 13.8. The Kier molecular flexibility index (Phi) is 5.89. The number of hydrogen-bond acceptors (Lipinski definition) is 3. The van der Waals surface area contributed by atoms with Crippen molar-refractivity contribution < 1.29 is 0 Å². The Morgan fingerprint density at radius 2 is 2.00 bits per heavy atom. The van der Waals surface area contributed by atoms with Gasteiger partial charge < -0.3 is 5.32 Å². The van der Waals surface area contributed by atoms with Gasteiger partial charge in [0.05, 0.1) is 5.02 Å². The van der Waals surface area contributed by atoms with E-state index >= 15 is 0 Å². The van der Waals surface area contributed by atoms with Gasteiger partial charge in [0.2, 0.25) is 0 Å². The van der Waals surface area contributed by atoms with E-state index in [0.717, 1.165) is 30.8 Å². The SMILES string of the molecule is CCCNC(Cc1ccc(CC)s1)c1sccc1Cl. The Morgan fingerprint density at radius 1 is 1.21 bits per heavy atom. The highest BCUT2D eigenvalue weighted by Crippen LogP contribution is 2.32. The van der Waals surface area contributed by atoms with Crippen molar-refractivity contribution in [3.8, 4) is 0 Å². The van der Waals surface area contributed by atoms with Crippen LogP contribution in [0.25, 0.3) is 0 Å². The second-order valence-corrected chi connectivity index (χ2v) is 7.17. The molecule has 0 saturated heterocycles. The highest BCUT2D eigenvalue weighted by Gasteiger charge is 2.17. The Balaban J connectivity index is 2.11. The number of thiophene rings is 2. The first-order valence-electron chi connectivity index (χ1n) is 6.78. The van der Waals surface area contributed by atoms with Gasteiger partial charge in [-0.3, -0.25) is 0 Å². The van der Waals surface area contributed by atoms with Gasteiger partial charge in [0.15, 0.2) is 0 Å². The molecule has 0 bridgehead atoms. The molecule has 1 unspecified atom stereocenters. The second kappa shape index (κ2) is 7.44. The molecule has 1 nitrogen and oxygen atoms in total. The van der Waals surface area contributed by atoms with Crippen molar-refractivity contribution in [2.24, 2.45) is 0 Å². The lowest BCUT2D eigenvalue weighted by atomic mass is 10.1. The van der Waals surface area contributed by atoms with Crippen molar-refractivity contribution >= 4 is 34.3 Å². The van der Waals surface area contributed by atoms with Crippen molar-refractivity contribution in [2.45, 2.75) is 39.2 Å². The number of nitrogens with one attached hydrogen (secondary N) is 1. The van der Waals surface area contributed by atoms with Gasteiger partial charge in [-0.15, -0.1) is 22.7 Å². The molecule has 0 aliphatic carbocycles. The summed E-state index contributed by atoms with van der Waals surface area (Å²) in [6, 6.07) is 6.84. The van der Waals surface area contributed by atoms with Crippen LogP contribution in [0.5, 0.6) is 0 Å². The average molecular weight is 314 g/mol. The van der Waals surface area contributed by atoms with Crippen LogP contribution < -0.4 is 5.32 Å². The Bertz CT molecular complexity index is 504. The molecule has 2 rings (SSSR count). The van der Waals surface area contributed by atoms with Crippen molar-refractivity contribution in [1.82, 2.24) is 5.32 Å². The van der Waals surface area contributed by atoms with E-state index in [1.54, 1.807) is 11.3 Å². The van der Waals surface area contributed by atoms with E-state index in [2.05, 4.69) is 36.7 Å². The Hall–Kier alpha value is -0.350. The molecule has 104 valence electrons. The lowest BCUT2D eigenvalue weighted by Crippen LogP contribution is -2.23. The minimum atomic E-state index is 0.343. The molecular formula is C15H20ClNS2. The third kappa shape index (κ3) is 4.06. The fourth-order valence-corrected chi connectivity index (χ4v) is 4.32. The summed E-state index contributed by atoms with van der Waals surface area (Å²) in [7, 11) is 0. The summed E-state index contributed by atoms with van der Waals surface area (Å²) in [5, 5.41) is 6.59. The molecule has 0 spiro atoms. The van der Waals surface area contributed by atoms with E-state index < -0.39 is 0 Å². The predicted octanol–water partition coefficient (Wildman–Crippen LogP) is 5.31. The molecular weight excluding hydrogens is 294 g/mol. The van der Waals surface area contributed by atoms with Crippen molar-refractivity contribution in [2.75, 3.05) is 6.54 Å². The van der Waals surface area contributed by atoms with E-state index in [0.29, 0.717) is 6.04 Å². The van der Waals surface area contributed by atoms with Crippen molar-refractivity contribution in [3.63, 3.8) is 0 Å². The summed E-state index contributed by atoms with van der Waals surface area (Å²) in [6.45, 7) is 5.43. The largest absolute Gasteiger partial charge is 0.309 e. The van der Waals surface area contributed by atoms with Gasteiger partial charge in [0, 0.05) is 27.1 Å². The third-order valence-corrected chi connectivity index (χ3v) is 5.80. The van der Waals surface area contributed by atoms with E-state index in [4.69, 9.17) is 11.6 Å². The molecule has 2 aromatic rings. The molecule has 2 aromatic heterocycles. The van der Waals surface area contributed by atoms with E-state index in [1.807, 2.05) is 17.4 Å². The lowest BCUT2D eigenvalue weighted by molar-refractivity contribution is 0.540. The summed E-state index contributed by atoms with van der Waals surface area (Å²) in [5.41, 5.74) is 0. The standard InChI is InChI=1S/C15H20ClNS2/c1-3-8-17-14(15-13(16)7-9-18-15)10-12-6-5-11(4-2)19-12/h5-7,9,14,17H,3-4,8,10H2,1-2H3. The molecule has 0 aliphatic rings. The number of hydrogen-bond donors (Lipinski definition) is 1. The minimum absolute atomic E-state index is 0.343. The topological polar surface area (TPSA) is 12.0 Å². The van der Waals surface area contributed by atoms with Crippen LogP contribution >= 0.6 is 34.3 Å². The van der Waals surface area contributed by atoms with Crippen LogP contribution in [0, 0.1) is 0 Å². The smallest absolute Gasteiger partial charge is 0.0561 e. The third-order valence-electron chi connectivity index (χ3n) is 3.07.